The summed E-state index contributed by atoms with van der Waals surface area (Å²) >= 11 is 0. The Hall–Kier alpha value is -1.95. The molecule has 2 N–H and O–H groups in total. The largest absolute Gasteiger partial charge is 0.496 e. The highest BCUT2D eigenvalue weighted by molar-refractivity contribution is 5.91. The molecule has 2 amide bonds. The van der Waals surface area contributed by atoms with Gasteiger partial charge in [-0.2, -0.15) is 0 Å². The van der Waals surface area contributed by atoms with Crippen molar-refractivity contribution in [3.8, 4) is 11.5 Å². The summed E-state index contributed by atoms with van der Waals surface area (Å²) in [5.74, 6) is 1.37. The first-order valence-electron chi connectivity index (χ1n) is 6.65. The number of anilines is 1. The van der Waals surface area contributed by atoms with Gasteiger partial charge in [0.15, 0.2) is 0 Å². The minimum atomic E-state index is -0.102. The number of carbonyl (C=O) groups excluding carboxylic acids is 1. The van der Waals surface area contributed by atoms with Gasteiger partial charge in [0.05, 0.1) is 19.9 Å². The monoisotopic (exact) mass is 279 g/mol. The Labute approximate surface area is 119 Å². The van der Waals surface area contributed by atoms with E-state index in [4.69, 9.17) is 9.47 Å². The fourth-order valence-corrected chi connectivity index (χ4v) is 2.32. The predicted octanol–water partition coefficient (Wildman–Crippen LogP) is 1.45. The van der Waals surface area contributed by atoms with Gasteiger partial charge in [-0.25, -0.2) is 4.79 Å². The second kappa shape index (κ2) is 6.47. The zero-order chi connectivity index (χ0) is 14.5. The van der Waals surface area contributed by atoms with Crippen molar-refractivity contribution in [3.63, 3.8) is 0 Å². The van der Waals surface area contributed by atoms with E-state index in [0.29, 0.717) is 24.5 Å². The molecule has 1 aromatic rings. The molecule has 6 nitrogen and oxygen atoms in total. The lowest BCUT2D eigenvalue weighted by Crippen LogP contribution is -2.48. The SMILES string of the molecule is COc1ccc(NC(=O)N2CCNCC2)c(OC)c1C. The first-order valence-corrected chi connectivity index (χ1v) is 6.65. The van der Waals surface area contributed by atoms with Crippen LogP contribution in [-0.4, -0.2) is 51.3 Å². The summed E-state index contributed by atoms with van der Waals surface area (Å²) in [6, 6.07) is 3.52. The molecule has 1 heterocycles. The van der Waals surface area contributed by atoms with E-state index in [1.807, 2.05) is 13.0 Å². The van der Waals surface area contributed by atoms with Crippen LogP contribution in [0.3, 0.4) is 0 Å². The quantitative estimate of drug-likeness (QED) is 0.879. The third kappa shape index (κ3) is 2.96. The van der Waals surface area contributed by atoms with Crippen LogP contribution >= 0.6 is 0 Å². The summed E-state index contributed by atoms with van der Waals surface area (Å²) in [7, 11) is 3.20. The number of hydrogen-bond donors (Lipinski definition) is 2. The minimum Gasteiger partial charge on any atom is -0.496 e. The zero-order valence-electron chi connectivity index (χ0n) is 12.2. The molecule has 0 unspecified atom stereocenters. The molecule has 0 aliphatic carbocycles. The van der Waals surface area contributed by atoms with Gasteiger partial charge in [0.2, 0.25) is 0 Å². The molecular formula is C14H21N3O3. The maximum Gasteiger partial charge on any atom is 0.322 e. The fraction of sp³-hybridized carbons (Fsp3) is 0.500. The Kier molecular flexibility index (Phi) is 4.68. The first-order chi connectivity index (χ1) is 9.67. The summed E-state index contributed by atoms with van der Waals surface area (Å²) in [4.78, 5) is 14.0. The number of carbonyl (C=O) groups is 1. The van der Waals surface area contributed by atoms with Gasteiger partial charge in [0.1, 0.15) is 11.5 Å². The second-order valence-electron chi connectivity index (χ2n) is 4.64. The van der Waals surface area contributed by atoms with E-state index < -0.39 is 0 Å². The molecule has 1 aromatic carbocycles. The Morgan fingerprint density at radius 1 is 1.25 bits per heavy atom. The van der Waals surface area contributed by atoms with E-state index in [0.717, 1.165) is 24.4 Å². The highest BCUT2D eigenvalue weighted by atomic mass is 16.5. The van der Waals surface area contributed by atoms with Crippen LogP contribution < -0.4 is 20.1 Å². The normalized spacial score (nSPS) is 14.8. The van der Waals surface area contributed by atoms with E-state index in [2.05, 4.69) is 10.6 Å². The highest BCUT2D eigenvalue weighted by Gasteiger charge is 2.19. The molecule has 1 aliphatic heterocycles. The minimum absolute atomic E-state index is 0.102. The van der Waals surface area contributed by atoms with Crippen molar-refractivity contribution >= 4 is 11.7 Å². The number of amides is 2. The molecule has 1 aliphatic rings. The van der Waals surface area contributed by atoms with Crippen LogP contribution in [0.25, 0.3) is 0 Å². The number of piperazine rings is 1. The van der Waals surface area contributed by atoms with Gasteiger partial charge in [-0.3, -0.25) is 0 Å². The van der Waals surface area contributed by atoms with Gasteiger partial charge in [-0.05, 0) is 19.1 Å². The number of hydrogen-bond acceptors (Lipinski definition) is 4. The molecule has 20 heavy (non-hydrogen) atoms. The van der Waals surface area contributed by atoms with Crippen LogP contribution in [0.1, 0.15) is 5.56 Å². The number of nitrogens with zero attached hydrogens (tertiary/aromatic N) is 1. The number of benzene rings is 1. The van der Waals surface area contributed by atoms with E-state index in [-0.39, 0.29) is 6.03 Å². The lowest BCUT2D eigenvalue weighted by atomic mass is 10.1. The van der Waals surface area contributed by atoms with Crippen molar-refractivity contribution in [2.24, 2.45) is 0 Å². The van der Waals surface area contributed by atoms with Crippen LogP contribution in [0, 0.1) is 6.92 Å². The molecule has 0 bridgehead atoms. The predicted molar refractivity (Wildman–Crippen MR) is 77.7 cm³/mol. The molecule has 0 saturated carbocycles. The van der Waals surface area contributed by atoms with Crippen LogP contribution in [0.5, 0.6) is 11.5 Å². The summed E-state index contributed by atoms with van der Waals surface area (Å²) in [6.45, 7) is 4.98. The molecule has 0 radical (unpaired) electrons. The van der Waals surface area contributed by atoms with Crippen molar-refractivity contribution in [2.75, 3.05) is 45.7 Å². The summed E-state index contributed by atoms with van der Waals surface area (Å²) < 4.78 is 10.6. The van der Waals surface area contributed by atoms with Gasteiger partial charge in [0.25, 0.3) is 0 Å². The van der Waals surface area contributed by atoms with Crippen LogP contribution in [0.4, 0.5) is 10.5 Å². The molecule has 1 saturated heterocycles. The average molecular weight is 279 g/mol. The van der Waals surface area contributed by atoms with Crippen molar-refractivity contribution in [3.05, 3.63) is 17.7 Å². The average Bonchev–Trinajstić information content (AvgIpc) is 2.48. The molecule has 6 heteroatoms. The first kappa shape index (κ1) is 14.5. The Morgan fingerprint density at radius 2 is 1.95 bits per heavy atom. The molecule has 0 atom stereocenters. The van der Waals surface area contributed by atoms with E-state index in [1.165, 1.54) is 0 Å². The highest BCUT2D eigenvalue weighted by Crippen LogP contribution is 2.34. The molecule has 110 valence electrons. The standard InChI is InChI=1S/C14H21N3O3/c1-10-12(19-2)5-4-11(13(10)20-3)16-14(18)17-8-6-15-7-9-17/h4-5,15H,6-9H2,1-3H3,(H,16,18). The fourth-order valence-electron chi connectivity index (χ4n) is 2.32. The van der Waals surface area contributed by atoms with Gasteiger partial charge < -0.3 is 25.0 Å². The zero-order valence-corrected chi connectivity index (χ0v) is 12.2. The number of urea groups is 1. The van der Waals surface area contributed by atoms with Crippen LogP contribution in [0.15, 0.2) is 12.1 Å². The summed E-state index contributed by atoms with van der Waals surface area (Å²) in [5.41, 5.74) is 1.53. The molecule has 2 rings (SSSR count). The van der Waals surface area contributed by atoms with Crippen molar-refractivity contribution in [1.29, 1.82) is 0 Å². The maximum atomic E-state index is 12.2. The van der Waals surface area contributed by atoms with Gasteiger partial charge >= 0.3 is 6.03 Å². The molecular weight excluding hydrogens is 258 g/mol. The number of methoxy groups -OCH3 is 2. The number of ether oxygens (including phenoxy) is 2. The summed E-state index contributed by atoms with van der Waals surface area (Å²) in [5, 5.41) is 6.12. The van der Waals surface area contributed by atoms with E-state index >= 15 is 0 Å². The molecule has 1 fully saturated rings. The van der Waals surface area contributed by atoms with Crippen LogP contribution in [-0.2, 0) is 0 Å². The Balaban J connectivity index is 2.16. The topological polar surface area (TPSA) is 62.8 Å². The van der Waals surface area contributed by atoms with E-state index in [1.54, 1.807) is 25.2 Å². The van der Waals surface area contributed by atoms with Crippen molar-refractivity contribution in [1.82, 2.24) is 10.2 Å². The van der Waals surface area contributed by atoms with Crippen molar-refractivity contribution < 1.29 is 14.3 Å². The third-order valence-corrected chi connectivity index (χ3v) is 3.43. The van der Waals surface area contributed by atoms with Gasteiger partial charge in [-0.1, -0.05) is 0 Å². The molecule has 0 aromatic heterocycles. The number of rotatable bonds is 3. The smallest absolute Gasteiger partial charge is 0.322 e. The van der Waals surface area contributed by atoms with Crippen LogP contribution in [0.2, 0.25) is 0 Å². The Morgan fingerprint density at radius 3 is 2.55 bits per heavy atom. The summed E-state index contributed by atoms with van der Waals surface area (Å²) in [6.07, 6.45) is 0. The lowest BCUT2D eigenvalue weighted by molar-refractivity contribution is 0.203. The maximum absolute atomic E-state index is 12.2. The number of nitrogens with one attached hydrogen (secondary N) is 2. The van der Waals surface area contributed by atoms with E-state index in [9.17, 15) is 4.79 Å². The van der Waals surface area contributed by atoms with Gasteiger partial charge in [-0.15, -0.1) is 0 Å². The second-order valence-corrected chi connectivity index (χ2v) is 4.64. The van der Waals surface area contributed by atoms with Crippen molar-refractivity contribution in [2.45, 2.75) is 6.92 Å². The van der Waals surface area contributed by atoms with Gasteiger partial charge in [0, 0.05) is 31.7 Å². The lowest BCUT2D eigenvalue weighted by Gasteiger charge is -2.28. The Bertz CT molecular complexity index is 485. The third-order valence-electron chi connectivity index (χ3n) is 3.43. The molecule has 0 spiro atoms.